The van der Waals surface area contributed by atoms with Crippen molar-refractivity contribution in [3.05, 3.63) is 42.0 Å². The van der Waals surface area contributed by atoms with Crippen molar-refractivity contribution in [2.45, 2.75) is 38.6 Å². The summed E-state index contributed by atoms with van der Waals surface area (Å²) in [5.74, 6) is 2.01. The third-order valence-electron chi connectivity index (χ3n) is 3.01. The van der Waals surface area contributed by atoms with E-state index in [-0.39, 0.29) is 6.04 Å². The van der Waals surface area contributed by atoms with E-state index in [2.05, 4.69) is 17.1 Å². The molecule has 0 aliphatic carbocycles. The number of aromatic nitrogens is 2. The molecule has 0 spiro atoms. The van der Waals surface area contributed by atoms with Gasteiger partial charge in [0.25, 0.3) is 0 Å². The van der Waals surface area contributed by atoms with Gasteiger partial charge >= 0.3 is 0 Å². The second-order valence-electron chi connectivity index (χ2n) is 4.71. The van der Waals surface area contributed by atoms with Crippen LogP contribution in [0.25, 0.3) is 0 Å². The number of hydrogen-bond acceptors (Lipinski definition) is 5. The van der Waals surface area contributed by atoms with Gasteiger partial charge in [-0.2, -0.15) is 4.98 Å². The zero-order chi connectivity index (χ0) is 14.2. The van der Waals surface area contributed by atoms with Crippen LogP contribution >= 0.6 is 0 Å². The highest BCUT2D eigenvalue weighted by atomic mass is 16.5. The maximum Gasteiger partial charge on any atom is 0.243 e. The predicted octanol–water partition coefficient (Wildman–Crippen LogP) is 2.88. The van der Waals surface area contributed by atoms with Gasteiger partial charge in [0.2, 0.25) is 5.89 Å². The van der Waals surface area contributed by atoms with E-state index in [4.69, 9.17) is 15.0 Å². The van der Waals surface area contributed by atoms with Crippen LogP contribution in [0, 0.1) is 0 Å². The molecule has 5 nitrogen and oxygen atoms in total. The first-order valence-electron chi connectivity index (χ1n) is 7.05. The molecular formula is C15H21N3O2. The normalized spacial score (nSPS) is 12.3. The molecule has 5 heteroatoms. The summed E-state index contributed by atoms with van der Waals surface area (Å²) in [6.45, 7) is 2.65. The number of nitrogens with zero attached hydrogens (tertiary/aromatic N) is 2. The molecule has 0 aliphatic heterocycles. The Labute approximate surface area is 119 Å². The number of ether oxygens (including phenoxy) is 1. The Bertz CT molecular complexity index is 499. The molecule has 0 bridgehead atoms. The molecule has 0 amide bonds. The van der Waals surface area contributed by atoms with E-state index in [9.17, 15) is 0 Å². The van der Waals surface area contributed by atoms with Gasteiger partial charge in [-0.25, -0.2) is 0 Å². The summed E-state index contributed by atoms with van der Waals surface area (Å²) in [4.78, 5) is 4.31. The number of hydrogen-bond donors (Lipinski definition) is 1. The first-order chi connectivity index (χ1) is 9.79. The molecule has 0 unspecified atom stereocenters. The average Bonchev–Trinajstić information content (AvgIpc) is 2.95. The van der Waals surface area contributed by atoms with Gasteiger partial charge < -0.3 is 15.0 Å². The molecule has 0 radical (unpaired) electrons. The minimum absolute atomic E-state index is 0.161. The fourth-order valence-electron chi connectivity index (χ4n) is 1.84. The standard InChI is InChI=1S/C15H21N3O2/c1-2-3-9-13(16)15-17-14(18-20-15)10-11-19-12-7-5-4-6-8-12/h4-8,13H,2-3,9-11,16H2,1H3/t13-/m0/s1. The van der Waals surface area contributed by atoms with Crippen LogP contribution in [-0.4, -0.2) is 16.7 Å². The smallest absolute Gasteiger partial charge is 0.243 e. The zero-order valence-electron chi connectivity index (χ0n) is 11.8. The van der Waals surface area contributed by atoms with Gasteiger partial charge in [0.05, 0.1) is 12.6 Å². The lowest BCUT2D eigenvalue weighted by molar-refractivity contribution is 0.311. The number of unbranched alkanes of at least 4 members (excludes halogenated alkanes) is 1. The summed E-state index contributed by atoms with van der Waals surface area (Å²) in [6.07, 6.45) is 3.66. The topological polar surface area (TPSA) is 74.2 Å². The van der Waals surface area contributed by atoms with E-state index in [1.165, 1.54) is 0 Å². The molecule has 1 aromatic carbocycles. The summed E-state index contributed by atoms with van der Waals surface area (Å²) < 4.78 is 10.8. The molecule has 2 rings (SSSR count). The molecule has 2 N–H and O–H groups in total. The largest absolute Gasteiger partial charge is 0.493 e. The van der Waals surface area contributed by atoms with Gasteiger partial charge in [0.15, 0.2) is 5.82 Å². The zero-order valence-corrected chi connectivity index (χ0v) is 11.8. The van der Waals surface area contributed by atoms with E-state index in [0.717, 1.165) is 25.0 Å². The molecule has 1 heterocycles. The van der Waals surface area contributed by atoms with Crippen molar-refractivity contribution >= 4 is 0 Å². The van der Waals surface area contributed by atoms with Crippen LogP contribution in [0.15, 0.2) is 34.9 Å². The van der Waals surface area contributed by atoms with Crippen molar-refractivity contribution < 1.29 is 9.26 Å². The molecule has 0 fully saturated rings. The van der Waals surface area contributed by atoms with E-state index < -0.39 is 0 Å². The maximum absolute atomic E-state index is 5.99. The van der Waals surface area contributed by atoms with Crippen molar-refractivity contribution in [2.75, 3.05) is 6.61 Å². The fourth-order valence-corrected chi connectivity index (χ4v) is 1.84. The van der Waals surface area contributed by atoms with E-state index in [0.29, 0.717) is 24.7 Å². The van der Waals surface area contributed by atoms with Crippen LogP contribution in [0.3, 0.4) is 0 Å². The Kier molecular flexibility index (Phi) is 5.55. The lowest BCUT2D eigenvalue weighted by Gasteiger charge is -2.04. The third-order valence-corrected chi connectivity index (χ3v) is 3.01. The van der Waals surface area contributed by atoms with E-state index >= 15 is 0 Å². The summed E-state index contributed by atoms with van der Waals surface area (Å²) in [7, 11) is 0. The quantitative estimate of drug-likeness (QED) is 0.801. The highest BCUT2D eigenvalue weighted by molar-refractivity contribution is 5.20. The predicted molar refractivity (Wildman–Crippen MR) is 76.4 cm³/mol. The Balaban J connectivity index is 1.78. The molecule has 0 aliphatic rings. The lowest BCUT2D eigenvalue weighted by atomic mass is 10.1. The maximum atomic E-state index is 5.99. The van der Waals surface area contributed by atoms with E-state index in [1.807, 2.05) is 30.3 Å². The van der Waals surface area contributed by atoms with E-state index in [1.54, 1.807) is 0 Å². The summed E-state index contributed by atoms with van der Waals surface area (Å²) in [5, 5.41) is 3.93. The van der Waals surface area contributed by atoms with Crippen LogP contribution in [0.5, 0.6) is 5.75 Å². The van der Waals surface area contributed by atoms with Crippen molar-refractivity contribution in [3.63, 3.8) is 0 Å². The van der Waals surface area contributed by atoms with Crippen LogP contribution in [-0.2, 0) is 6.42 Å². The second kappa shape index (κ2) is 7.65. The first kappa shape index (κ1) is 14.5. The van der Waals surface area contributed by atoms with Gasteiger partial charge in [-0.05, 0) is 18.6 Å². The van der Waals surface area contributed by atoms with Crippen LogP contribution in [0.1, 0.15) is 43.9 Å². The van der Waals surface area contributed by atoms with Crippen LogP contribution in [0.2, 0.25) is 0 Å². The molecule has 20 heavy (non-hydrogen) atoms. The number of nitrogens with two attached hydrogens (primary N) is 1. The Morgan fingerprint density at radius 1 is 1.30 bits per heavy atom. The van der Waals surface area contributed by atoms with Crippen LogP contribution in [0.4, 0.5) is 0 Å². The minimum Gasteiger partial charge on any atom is -0.493 e. The average molecular weight is 275 g/mol. The Morgan fingerprint density at radius 3 is 2.85 bits per heavy atom. The first-order valence-corrected chi connectivity index (χ1v) is 7.05. The Hall–Kier alpha value is -1.88. The molecule has 1 aromatic heterocycles. The van der Waals surface area contributed by atoms with Crippen molar-refractivity contribution in [1.82, 2.24) is 10.1 Å². The minimum atomic E-state index is -0.161. The number of benzene rings is 1. The highest BCUT2D eigenvalue weighted by Crippen LogP contribution is 2.15. The Morgan fingerprint density at radius 2 is 2.10 bits per heavy atom. The van der Waals surface area contributed by atoms with Crippen molar-refractivity contribution in [1.29, 1.82) is 0 Å². The van der Waals surface area contributed by atoms with Crippen molar-refractivity contribution in [3.8, 4) is 5.75 Å². The molecule has 0 saturated carbocycles. The van der Waals surface area contributed by atoms with Gasteiger partial charge in [0, 0.05) is 6.42 Å². The van der Waals surface area contributed by atoms with Crippen molar-refractivity contribution in [2.24, 2.45) is 5.73 Å². The highest BCUT2D eigenvalue weighted by Gasteiger charge is 2.14. The molecule has 1 atom stereocenters. The van der Waals surface area contributed by atoms with Crippen LogP contribution < -0.4 is 10.5 Å². The molecule has 108 valence electrons. The summed E-state index contributed by atoms with van der Waals surface area (Å²) in [6, 6.07) is 9.51. The monoisotopic (exact) mass is 275 g/mol. The van der Waals surface area contributed by atoms with Gasteiger partial charge in [-0.1, -0.05) is 43.1 Å². The SMILES string of the molecule is CCCC[C@H](N)c1nc(CCOc2ccccc2)no1. The molecular weight excluding hydrogens is 254 g/mol. The number of para-hydroxylation sites is 1. The molecule has 0 saturated heterocycles. The lowest BCUT2D eigenvalue weighted by Crippen LogP contribution is -2.10. The van der Waals surface area contributed by atoms with Gasteiger partial charge in [-0.3, -0.25) is 0 Å². The van der Waals surface area contributed by atoms with Gasteiger partial charge in [-0.15, -0.1) is 0 Å². The number of rotatable bonds is 8. The van der Waals surface area contributed by atoms with Gasteiger partial charge in [0.1, 0.15) is 5.75 Å². The fraction of sp³-hybridized carbons (Fsp3) is 0.467. The summed E-state index contributed by atoms with van der Waals surface area (Å²) >= 11 is 0. The third kappa shape index (κ3) is 4.35. The molecule has 2 aromatic rings. The second-order valence-corrected chi connectivity index (χ2v) is 4.71. The summed E-state index contributed by atoms with van der Waals surface area (Å²) in [5.41, 5.74) is 5.99.